The van der Waals surface area contributed by atoms with E-state index in [2.05, 4.69) is 21.2 Å². The van der Waals surface area contributed by atoms with Crippen LogP contribution in [0.25, 0.3) is 0 Å². The number of hydrogen-bond acceptors (Lipinski definition) is 1. The molecule has 1 atom stereocenters. The number of hydrogen-bond donors (Lipinski definition) is 1. The standard InChI is InChI=1S/C17H17BrFNO/c1-3-16(12-6-4-11(2)5-7-12)20-17(21)14-9-8-13(19)10-15(14)18/h4-10,16H,3H2,1-2H3,(H,20,21). The van der Waals surface area contributed by atoms with E-state index in [-0.39, 0.29) is 17.8 Å². The first-order chi connectivity index (χ1) is 10.0. The Balaban J connectivity index is 2.18. The van der Waals surface area contributed by atoms with Crippen molar-refractivity contribution in [1.82, 2.24) is 5.32 Å². The highest BCUT2D eigenvalue weighted by atomic mass is 79.9. The summed E-state index contributed by atoms with van der Waals surface area (Å²) in [6, 6.07) is 12.1. The van der Waals surface area contributed by atoms with Gasteiger partial charge in [0.05, 0.1) is 11.6 Å². The van der Waals surface area contributed by atoms with Gasteiger partial charge in [0.15, 0.2) is 0 Å². The Hall–Kier alpha value is -1.68. The molecule has 0 aliphatic rings. The smallest absolute Gasteiger partial charge is 0.252 e. The maximum absolute atomic E-state index is 13.1. The summed E-state index contributed by atoms with van der Waals surface area (Å²) in [6.07, 6.45) is 0.785. The van der Waals surface area contributed by atoms with Crippen LogP contribution in [0.2, 0.25) is 0 Å². The second kappa shape index (κ2) is 6.85. The highest BCUT2D eigenvalue weighted by Gasteiger charge is 2.16. The van der Waals surface area contributed by atoms with Gasteiger partial charge in [-0.2, -0.15) is 0 Å². The summed E-state index contributed by atoms with van der Waals surface area (Å²) in [4.78, 5) is 12.3. The van der Waals surface area contributed by atoms with Crippen molar-refractivity contribution in [3.05, 3.63) is 69.4 Å². The molecule has 0 aliphatic carbocycles. The van der Waals surface area contributed by atoms with Gasteiger partial charge in [-0.3, -0.25) is 4.79 Å². The second-order valence-electron chi connectivity index (χ2n) is 4.97. The fourth-order valence-corrected chi connectivity index (χ4v) is 2.66. The van der Waals surface area contributed by atoms with Crippen LogP contribution in [0.4, 0.5) is 4.39 Å². The molecule has 21 heavy (non-hydrogen) atoms. The van der Waals surface area contributed by atoms with Crippen molar-refractivity contribution in [1.29, 1.82) is 0 Å². The first-order valence-electron chi connectivity index (χ1n) is 6.83. The fourth-order valence-electron chi connectivity index (χ4n) is 2.13. The van der Waals surface area contributed by atoms with Crippen LogP contribution in [-0.4, -0.2) is 5.91 Å². The summed E-state index contributed by atoms with van der Waals surface area (Å²) in [5.74, 6) is -0.585. The van der Waals surface area contributed by atoms with E-state index in [1.54, 1.807) is 0 Å². The molecule has 2 rings (SSSR count). The van der Waals surface area contributed by atoms with E-state index in [1.807, 2.05) is 38.1 Å². The van der Waals surface area contributed by atoms with Crippen molar-refractivity contribution in [2.24, 2.45) is 0 Å². The van der Waals surface area contributed by atoms with Gasteiger partial charge in [-0.1, -0.05) is 36.8 Å². The van der Waals surface area contributed by atoms with E-state index in [0.717, 1.165) is 12.0 Å². The summed E-state index contributed by atoms with van der Waals surface area (Å²) in [5, 5.41) is 2.99. The molecule has 0 saturated heterocycles. The van der Waals surface area contributed by atoms with Crippen LogP contribution in [0.1, 0.15) is 40.9 Å². The van der Waals surface area contributed by atoms with Crippen molar-refractivity contribution in [3.63, 3.8) is 0 Å². The zero-order valence-corrected chi connectivity index (χ0v) is 13.6. The van der Waals surface area contributed by atoms with Gasteiger partial charge in [0.2, 0.25) is 0 Å². The van der Waals surface area contributed by atoms with E-state index in [1.165, 1.54) is 23.8 Å². The lowest BCUT2D eigenvalue weighted by atomic mass is 10.0. The number of amides is 1. The molecule has 0 spiro atoms. The minimum absolute atomic E-state index is 0.0601. The molecule has 0 fully saturated rings. The normalized spacial score (nSPS) is 12.0. The van der Waals surface area contributed by atoms with Crippen LogP contribution in [0.5, 0.6) is 0 Å². The third-order valence-corrected chi connectivity index (χ3v) is 4.03. The molecular formula is C17H17BrFNO. The maximum atomic E-state index is 13.1. The number of halogens is 2. The van der Waals surface area contributed by atoms with Crippen LogP contribution in [0, 0.1) is 12.7 Å². The molecule has 1 unspecified atom stereocenters. The van der Waals surface area contributed by atoms with Gasteiger partial charge in [-0.25, -0.2) is 4.39 Å². The van der Waals surface area contributed by atoms with Crippen LogP contribution < -0.4 is 5.32 Å². The topological polar surface area (TPSA) is 29.1 Å². The molecule has 0 aromatic heterocycles. The zero-order chi connectivity index (χ0) is 15.4. The van der Waals surface area contributed by atoms with Gasteiger partial charge in [0.1, 0.15) is 5.82 Å². The molecule has 110 valence electrons. The highest BCUT2D eigenvalue weighted by Crippen LogP contribution is 2.21. The summed E-state index contributed by atoms with van der Waals surface area (Å²) in [7, 11) is 0. The van der Waals surface area contributed by atoms with E-state index in [0.29, 0.717) is 10.0 Å². The molecule has 0 heterocycles. The molecule has 2 aromatic carbocycles. The SMILES string of the molecule is CCC(NC(=O)c1ccc(F)cc1Br)c1ccc(C)cc1. The number of carbonyl (C=O) groups excluding carboxylic acids is 1. The Kier molecular flexibility index (Phi) is 5.12. The Morgan fingerprint density at radius 2 is 1.90 bits per heavy atom. The number of carbonyl (C=O) groups is 1. The predicted octanol–water partition coefficient (Wildman–Crippen LogP) is 4.78. The summed E-state index contributed by atoms with van der Waals surface area (Å²) < 4.78 is 13.5. The van der Waals surface area contributed by atoms with E-state index < -0.39 is 0 Å². The Bertz CT molecular complexity index is 640. The van der Waals surface area contributed by atoms with Crippen molar-refractivity contribution in [3.8, 4) is 0 Å². The van der Waals surface area contributed by atoms with E-state index >= 15 is 0 Å². The molecule has 0 radical (unpaired) electrons. The summed E-state index contributed by atoms with van der Waals surface area (Å²) in [5.41, 5.74) is 2.68. The van der Waals surface area contributed by atoms with Gasteiger partial charge in [-0.15, -0.1) is 0 Å². The Morgan fingerprint density at radius 1 is 1.24 bits per heavy atom. The molecule has 0 aliphatic heterocycles. The van der Waals surface area contributed by atoms with Crippen LogP contribution in [0.15, 0.2) is 46.9 Å². The van der Waals surface area contributed by atoms with E-state index in [4.69, 9.17) is 0 Å². The molecular weight excluding hydrogens is 333 g/mol. The van der Waals surface area contributed by atoms with Gasteiger partial charge < -0.3 is 5.32 Å². The minimum Gasteiger partial charge on any atom is -0.345 e. The molecule has 0 bridgehead atoms. The highest BCUT2D eigenvalue weighted by molar-refractivity contribution is 9.10. The maximum Gasteiger partial charge on any atom is 0.252 e. The lowest BCUT2D eigenvalue weighted by Crippen LogP contribution is -2.28. The van der Waals surface area contributed by atoms with Crippen molar-refractivity contribution in [2.75, 3.05) is 0 Å². The van der Waals surface area contributed by atoms with Crippen molar-refractivity contribution >= 4 is 21.8 Å². The number of aryl methyl sites for hydroxylation is 1. The molecule has 1 amide bonds. The zero-order valence-electron chi connectivity index (χ0n) is 12.0. The van der Waals surface area contributed by atoms with Crippen LogP contribution >= 0.6 is 15.9 Å². The van der Waals surface area contributed by atoms with Gasteiger partial charge in [0.25, 0.3) is 5.91 Å². The minimum atomic E-state index is -0.371. The summed E-state index contributed by atoms with van der Waals surface area (Å²) in [6.45, 7) is 4.05. The van der Waals surface area contributed by atoms with E-state index in [9.17, 15) is 9.18 Å². The molecule has 2 nitrogen and oxygen atoms in total. The Labute approximate surface area is 132 Å². The average Bonchev–Trinajstić information content (AvgIpc) is 2.45. The first-order valence-corrected chi connectivity index (χ1v) is 7.63. The fraction of sp³-hybridized carbons (Fsp3) is 0.235. The number of nitrogens with one attached hydrogen (secondary N) is 1. The largest absolute Gasteiger partial charge is 0.345 e. The molecule has 0 saturated carbocycles. The van der Waals surface area contributed by atoms with Crippen molar-refractivity contribution in [2.45, 2.75) is 26.3 Å². The van der Waals surface area contributed by atoms with Gasteiger partial charge in [0, 0.05) is 4.47 Å². The van der Waals surface area contributed by atoms with Crippen LogP contribution in [0.3, 0.4) is 0 Å². The predicted molar refractivity (Wildman–Crippen MR) is 85.8 cm³/mol. The third-order valence-electron chi connectivity index (χ3n) is 3.37. The quantitative estimate of drug-likeness (QED) is 0.845. The first kappa shape index (κ1) is 15.7. The monoisotopic (exact) mass is 349 g/mol. The van der Waals surface area contributed by atoms with Crippen LogP contribution in [-0.2, 0) is 0 Å². The van der Waals surface area contributed by atoms with Crippen molar-refractivity contribution < 1.29 is 9.18 Å². The molecule has 2 aromatic rings. The lowest BCUT2D eigenvalue weighted by Gasteiger charge is -2.18. The summed E-state index contributed by atoms with van der Waals surface area (Å²) >= 11 is 3.22. The second-order valence-corrected chi connectivity index (χ2v) is 5.82. The molecule has 1 N–H and O–H groups in total. The third kappa shape index (κ3) is 3.91. The lowest BCUT2D eigenvalue weighted by molar-refractivity contribution is 0.0934. The number of rotatable bonds is 4. The Morgan fingerprint density at radius 3 is 2.48 bits per heavy atom. The van der Waals surface area contributed by atoms with Gasteiger partial charge >= 0.3 is 0 Å². The molecule has 4 heteroatoms. The number of benzene rings is 2. The average molecular weight is 350 g/mol. The van der Waals surface area contributed by atoms with Gasteiger partial charge in [-0.05, 0) is 53.0 Å².